The largest absolute Gasteiger partial charge is 0.487 e. The van der Waals surface area contributed by atoms with Crippen LogP contribution < -0.4 is 10.1 Å². The van der Waals surface area contributed by atoms with Crippen molar-refractivity contribution in [2.75, 3.05) is 11.9 Å². The van der Waals surface area contributed by atoms with Crippen LogP contribution in [0.25, 0.3) is 0 Å². The van der Waals surface area contributed by atoms with Crippen LogP contribution in [-0.4, -0.2) is 17.6 Å². The Labute approximate surface area is 115 Å². The van der Waals surface area contributed by atoms with E-state index in [9.17, 15) is 9.18 Å². The average molecular weight is 275 g/mol. The molecule has 2 aromatic carbocycles. The summed E-state index contributed by atoms with van der Waals surface area (Å²) in [5, 5.41) is 11.2. The number of hydrogen-bond acceptors (Lipinski definition) is 3. The van der Waals surface area contributed by atoms with Gasteiger partial charge in [-0.05, 0) is 17.7 Å². The summed E-state index contributed by atoms with van der Waals surface area (Å²) < 4.78 is 19.2. The summed E-state index contributed by atoms with van der Waals surface area (Å²) >= 11 is 0. The predicted molar refractivity (Wildman–Crippen MR) is 73.3 cm³/mol. The van der Waals surface area contributed by atoms with Gasteiger partial charge in [0.25, 0.3) is 0 Å². The second-order valence-corrected chi connectivity index (χ2v) is 4.13. The Balaban J connectivity index is 2.10. The molecule has 0 saturated heterocycles. The fraction of sp³-hybridized carbons (Fsp3) is 0.133. The lowest BCUT2D eigenvalue weighted by Crippen LogP contribution is -2.14. The van der Waals surface area contributed by atoms with Crippen LogP contribution >= 0.6 is 0 Å². The van der Waals surface area contributed by atoms with Gasteiger partial charge in [-0.25, -0.2) is 4.39 Å². The SMILES string of the molecule is O=C(O)CNc1c(F)cccc1OCc1ccccc1. The molecule has 0 amide bonds. The number of carboxylic acids is 1. The van der Waals surface area contributed by atoms with Crippen LogP contribution in [0.4, 0.5) is 10.1 Å². The zero-order valence-corrected chi connectivity index (χ0v) is 10.7. The molecule has 104 valence electrons. The second kappa shape index (κ2) is 6.56. The van der Waals surface area contributed by atoms with Crippen LogP contribution in [0.3, 0.4) is 0 Å². The minimum absolute atomic E-state index is 0.0610. The first kappa shape index (κ1) is 13.9. The van der Waals surface area contributed by atoms with E-state index in [1.807, 2.05) is 30.3 Å². The van der Waals surface area contributed by atoms with Crippen molar-refractivity contribution in [3.8, 4) is 5.75 Å². The maximum Gasteiger partial charge on any atom is 0.322 e. The van der Waals surface area contributed by atoms with Gasteiger partial charge in [-0.3, -0.25) is 4.79 Å². The number of nitrogens with one attached hydrogen (secondary N) is 1. The highest BCUT2D eigenvalue weighted by atomic mass is 19.1. The highest BCUT2D eigenvalue weighted by Gasteiger charge is 2.10. The first-order valence-electron chi connectivity index (χ1n) is 6.07. The van der Waals surface area contributed by atoms with Gasteiger partial charge < -0.3 is 15.2 Å². The minimum atomic E-state index is -1.07. The van der Waals surface area contributed by atoms with Crippen molar-refractivity contribution in [1.29, 1.82) is 0 Å². The monoisotopic (exact) mass is 275 g/mol. The summed E-state index contributed by atoms with van der Waals surface area (Å²) in [5.74, 6) is -1.32. The number of hydrogen-bond donors (Lipinski definition) is 2. The summed E-state index contributed by atoms with van der Waals surface area (Å²) in [7, 11) is 0. The summed E-state index contributed by atoms with van der Waals surface area (Å²) in [4.78, 5) is 10.5. The van der Waals surface area contributed by atoms with Gasteiger partial charge in [-0.2, -0.15) is 0 Å². The van der Waals surface area contributed by atoms with E-state index in [4.69, 9.17) is 9.84 Å². The molecule has 0 fully saturated rings. The first-order valence-corrected chi connectivity index (χ1v) is 6.07. The molecular weight excluding hydrogens is 261 g/mol. The molecule has 0 unspecified atom stereocenters. The lowest BCUT2D eigenvalue weighted by molar-refractivity contribution is -0.134. The van der Waals surface area contributed by atoms with Crippen molar-refractivity contribution in [2.45, 2.75) is 6.61 Å². The lowest BCUT2D eigenvalue weighted by atomic mass is 10.2. The van der Waals surface area contributed by atoms with Crippen LogP contribution in [0.5, 0.6) is 5.75 Å². The number of carbonyl (C=O) groups is 1. The van der Waals surface area contributed by atoms with E-state index in [1.165, 1.54) is 12.1 Å². The Kier molecular flexibility index (Phi) is 4.55. The Morgan fingerprint density at radius 2 is 1.90 bits per heavy atom. The number of halogens is 1. The number of aliphatic carboxylic acids is 1. The fourth-order valence-electron chi connectivity index (χ4n) is 1.70. The van der Waals surface area contributed by atoms with E-state index in [1.54, 1.807) is 6.07 Å². The van der Waals surface area contributed by atoms with Crippen molar-refractivity contribution in [3.05, 3.63) is 59.9 Å². The van der Waals surface area contributed by atoms with Gasteiger partial charge in [0.15, 0.2) is 0 Å². The second-order valence-electron chi connectivity index (χ2n) is 4.13. The molecule has 0 aromatic heterocycles. The smallest absolute Gasteiger partial charge is 0.322 e. The Bertz CT molecular complexity index is 587. The molecule has 0 radical (unpaired) electrons. The molecule has 2 aromatic rings. The van der Waals surface area contributed by atoms with Gasteiger partial charge in [-0.1, -0.05) is 36.4 Å². The molecular formula is C15H14FNO3. The van der Waals surface area contributed by atoms with Crippen molar-refractivity contribution >= 4 is 11.7 Å². The highest BCUT2D eigenvalue weighted by Crippen LogP contribution is 2.28. The maximum absolute atomic E-state index is 13.7. The minimum Gasteiger partial charge on any atom is -0.487 e. The van der Waals surface area contributed by atoms with Crippen molar-refractivity contribution in [1.82, 2.24) is 0 Å². The van der Waals surface area contributed by atoms with E-state index in [2.05, 4.69) is 5.32 Å². The number of para-hydroxylation sites is 1. The number of rotatable bonds is 6. The van der Waals surface area contributed by atoms with E-state index < -0.39 is 11.8 Å². The van der Waals surface area contributed by atoms with Crippen molar-refractivity contribution in [2.24, 2.45) is 0 Å². The molecule has 5 heteroatoms. The molecule has 0 heterocycles. The molecule has 20 heavy (non-hydrogen) atoms. The molecule has 0 spiro atoms. The van der Waals surface area contributed by atoms with E-state index >= 15 is 0 Å². The third-order valence-corrected chi connectivity index (χ3v) is 2.63. The maximum atomic E-state index is 13.7. The molecule has 0 saturated carbocycles. The fourth-order valence-corrected chi connectivity index (χ4v) is 1.70. The van der Waals surface area contributed by atoms with E-state index in [0.29, 0.717) is 0 Å². The summed E-state index contributed by atoms with van der Waals surface area (Å²) in [6, 6.07) is 13.8. The van der Waals surface area contributed by atoms with Crippen LogP contribution in [0.15, 0.2) is 48.5 Å². The zero-order valence-electron chi connectivity index (χ0n) is 10.7. The van der Waals surface area contributed by atoms with Crippen LogP contribution in [0.1, 0.15) is 5.56 Å². The number of anilines is 1. The number of carboxylic acid groups (broad SMARTS) is 1. The quantitative estimate of drug-likeness (QED) is 0.851. The van der Waals surface area contributed by atoms with Crippen LogP contribution in [0, 0.1) is 5.82 Å². The highest BCUT2D eigenvalue weighted by molar-refractivity contribution is 5.74. The first-order chi connectivity index (χ1) is 9.66. The van der Waals surface area contributed by atoms with Gasteiger partial charge in [-0.15, -0.1) is 0 Å². The van der Waals surface area contributed by atoms with Gasteiger partial charge in [0.1, 0.15) is 30.4 Å². The molecule has 0 atom stereocenters. The molecule has 0 aliphatic rings. The van der Waals surface area contributed by atoms with Gasteiger partial charge in [0.2, 0.25) is 0 Å². The number of benzene rings is 2. The topological polar surface area (TPSA) is 58.6 Å². The Morgan fingerprint density at radius 1 is 1.15 bits per heavy atom. The molecule has 0 bridgehead atoms. The van der Waals surface area contributed by atoms with Crippen LogP contribution in [0.2, 0.25) is 0 Å². The molecule has 0 aliphatic carbocycles. The lowest BCUT2D eigenvalue weighted by Gasteiger charge is -2.13. The van der Waals surface area contributed by atoms with Gasteiger partial charge in [0.05, 0.1) is 0 Å². The van der Waals surface area contributed by atoms with Gasteiger partial charge in [0, 0.05) is 0 Å². The molecule has 4 nitrogen and oxygen atoms in total. The van der Waals surface area contributed by atoms with Gasteiger partial charge >= 0.3 is 5.97 Å². The standard InChI is InChI=1S/C15H14FNO3/c16-12-7-4-8-13(15(12)17-9-14(18)19)20-10-11-5-2-1-3-6-11/h1-8,17H,9-10H2,(H,18,19). The Hall–Kier alpha value is -2.56. The normalized spacial score (nSPS) is 10.1. The number of ether oxygens (including phenoxy) is 1. The van der Waals surface area contributed by atoms with E-state index in [-0.39, 0.29) is 24.6 Å². The summed E-state index contributed by atoms with van der Waals surface area (Å²) in [6.07, 6.45) is 0. The molecule has 0 aliphatic heterocycles. The average Bonchev–Trinajstić information content (AvgIpc) is 2.45. The summed E-state index contributed by atoms with van der Waals surface area (Å²) in [5.41, 5.74) is 1.01. The third-order valence-electron chi connectivity index (χ3n) is 2.63. The van der Waals surface area contributed by atoms with E-state index in [0.717, 1.165) is 5.56 Å². The predicted octanol–water partition coefficient (Wildman–Crippen LogP) is 2.90. The summed E-state index contributed by atoms with van der Waals surface area (Å²) in [6.45, 7) is -0.0886. The van der Waals surface area contributed by atoms with Crippen molar-refractivity contribution < 1.29 is 19.0 Å². The van der Waals surface area contributed by atoms with Crippen molar-refractivity contribution in [3.63, 3.8) is 0 Å². The van der Waals surface area contributed by atoms with Crippen LogP contribution in [-0.2, 0) is 11.4 Å². The molecule has 2 N–H and O–H groups in total. The third kappa shape index (κ3) is 3.71. The zero-order chi connectivity index (χ0) is 14.4. The Morgan fingerprint density at radius 3 is 2.60 bits per heavy atom. The molecule has 2 rings (SSSR count).